The van der Waals surface area contributed by atoms with Crippen molar-refractivity contribution in [3.05, 3.63) is 64.2 Å². The van der Waals surface area contributed by atoms with Crippen molar-refractivity contribution in [2.24, 2.45) is 0 Å². The van der Waals surface area contributed by atoms with E-state index in [0.29, 0.717) is 11.1 Å². The lowest BCUT2D eigenvalue weighted by Crippen LogP contribution is -2.24. The van der Waals surface area contributed by atoms with Crippen LogP contribution < -0.4 is 4.72 Å². The summed E-state index contributed by atoms with van der Waals surface area (Å²) < 4.78 is 52.8. The minimum atomic E-state index is -3.86. The van der Waals surface area contributed by atoms with E-state index in [0.717, 1.165) is 12.1 Å². The second-order valence-corrected chi connectivity index (χ2v) is 6.63. The molecule has 0 fully saturated rings. The van der Waals surface area contributed by atoms with Gasteiger partial charge in [-0.05, 0) is 42.3 Å². The van der Waals surface area contributed by atoms with Crippen LogP contribution in [0.25, 0.3) is 0 Å². The number of halogens is 3. The number of nitrogens with one attached hydrogen (secondary N) is 1. The highest BCUT2D eigenvalue weighted by atomic mass is 35.5. The maximum atomic E-state index is 13.2. The van der Waals surface area contributed by atoms with Crippen molar-refractivity contribution >= 4 is 21.6 Å². The quantitative estimate of drug-likeness (QED) is 0.933. The monoisotopic (exact) mass is 331 g/mol. The van der Waals surface area contributed by atoms with E-state index in [-0.39, 0.29) is 16.5 Å². The fraction of sp³-hybridized carbons (Fsp3) is 0.143. The second kappa shape index (κ2) is 6.09. The maximum Gasteiger partial charge on any atom is 0.241 e. The van der Waals surface area contributed by atoms with E-state index in [4.69, 9.17) is 11.6 Å². The van der Waals surface area contributed by atoms with Gasteiger partial charge in [0.05, 0.1) is 9.92 Å². The summed E-state index contributed by atoms with van der Waals surface area (Å²) >= 11 is 5.63. The van der Waals surface area contributed by atoms with Crippen molar-refractivity contribution in [3.8, 4) is 0 Å². The predicted octanol–water partition coefficient (Wildman–Crippen LogP) is 3.41. The molecule has 0 aliphatic rings. The van der Waals surface area contributed by atoms with Crippen LogP contribution in [0.4, 0.5) is 8.78 Å². The Labute approximate surface area is 126 Å². The van der Waals surface area contributed by atoms with Crippen molar-refractivity contribution < 1.29 is 17.2 Å². The van der Waals surface area contributed by atoms with Crippen molar-refractivity contribution in [1.82, 2.24) is 4.72 Å². The van der Waals surface area contributed by atoms with Crippen molar-refractivity contribution in [2.45, 2.75) is 18.4 Å². The van der Waals surface area contributed by atoms with Crippen LogP contribution in [0.5, 0.6) is 0 Å². The Morgan fingerprint density at radius 2 is 1.86 bits per heavy atom. The van der Waals surface area contributed by atoms with Gasteiger partial charge in [0, 0.05) is 6.54 Å². The molecule has 0 aromatic heterocycles. The molecule has 2 aromatic carbocycles. The molecular weight excluding hydrogens is 320 g/mol. The average molecular weight is 332 g/mol. The number of rotatable bonds is 4. The first-order valence-corrected chi connectivity index (χ1v) is 7.85. The molecule has 0 heterocycles. The fourth-order valence-corrected chi connectivity index (χ4v) is 3.24. The van der Waals surface area contributed by atoms with Crippen molar-refractivity contribution in [1.29, 1.82) is 0 Å². The van der Waals surface area contributed by atoms with Crippen LogP contribution in [0.2, 0.25) is 5.02 Å². The molecule has 2 aromatic rings. The highest BCUT2D eigenvalue weighted by Crippen LogP contribution is 2.18. The molecular formula is C14H12ClF2NO2S. The van der Waals surface area contributed by atoms with Gasteiger partial charge in [-0.3, -0.25) is 0 Å². The van der Waals surface area contributed by atoms with Gasteiger partial charge >= 0.3 is 0 Å². The lowest BCUT2D eigenvalue weighted by atomic mass is 10.2. The first-order valence-electron chi connectivity index (χ1n) is 5.99. The molecule has 2 rings (SSSR count). The molecule has 0 atom stereocenters. The summed E-state index contributed by atoms with van der Waals surface area (Å²) in [6.07, 6.45) is 0. The zero-order chi connectivity index (χ0) is 15.6. The first kappa shape index (κ1) is 15.9. The number of sulfonamides is 1. The van der Waals surface area contributed by atoms with E-state index >= 15 is 0 Å². The third kappa shape index (κ3) is 3.78. The summed E-state index contributed by atoms with van der Waals surface area (Å²) in [5, 5.41) is -0.0892. The average Bonchev–Trinajstić information content (AvgIpc) is 2.43. The van der Waals surface area contributed by atoms with Crippen LogP contribution in [0, 0.1) is 18.6 Å². The molecule has 0 bridgehead atoms. The molecule has 0 unspecified atom stereocenters. The van der Waals surface area contributed by atoms with Gasteiger partial charge in [-0.1, -0.05) is 23.7 Å². The highest BCUT2D eigenvalue weighted by molar-refractivity contribution is 7.89. The third-order valence-corrected chi connectivity index (χ3v) is 4.72. The normalized spacial score (nSPS) is 11.6. The summed E-state index contributed by atoms with van der Waals surface area (Å²) in [4.78, 5) is -0.129. The van der Waals surface area contributed by atoms with Gasteiger partial charge in [0.25, 0.3) is 0 Å². The SMILES string of the molecule is Cc1ccc(F)cc1S(=O)(=O)NCc1ccc(F)c(Cl)c1. The Balaban J connectivity index is 2.21. The van der Waals surface area contributed by atoms with E-state index < -0.39 is 21.7 Å². The smallest absolute Gasteiger partial charge is 0.207 e. The summed E-state index contributed by atoms with van der Waals surface area (Å²) in [5.41, 5.74) is 0.931. The molecule has 1 N–H and O–H groups in total. The minimum Gasteiger partial charge on any atom is -0.207 e. The molecule has 0 saturated carbocycles. The van der Waals surface area contributed by atoms with Gasteiger partial charge < -0.3 is 0 Å². The molecule has 21 heavy (non-hydrogen) atoms. The molecule has 112 valence electrons. The standard InChI is InChI=1S/C14H12ClF2NO2S/c1-9-2-4-11(16)7-14(9)21(19,20)18-8-10-3-5-13(17)12(15)6-10/h2-7,18H,8H2,1H3. The lowest BCUT2D eigenvalue weighted by molar-refractivity contribution is 0.576. The van der Waals surface area contributed by atoms with Crippen molar-refractivity contribution in [3.63, 3.8) is 0 Å². The molecule has 7 heteroatoms. The number of aryl methyl sites for hydroxylation is 1. The Kier molecular flexibility index (Phi) is 4.61. The van der Waals surface area contributed by atoms with Crippen LogP contribution in [-0.2, 0) is 16.6 Å². The van der Waals surface area contributed by atoms with Crippen LogP contribution >= 0.6 is 11.6 Å². The van der Waals surface area contributed by atoms with Crippen LogP contribution in [0.15, 0.2) is 41.3 Å². The van der Waals surface area contributed by atoms with Crippen LogP contribution in [0.1, 0.15) is 11.1 Å². The second-order valence-electron chi connectivity index (χ2n) is 4.48. The van der Waals surface area contributed by atoms with Crippen molar-refractivity contribution in [2.75, 3.05) is 0 Å². The van der Waals surface area contributed by atoms with Gasteiger partial charge in [0.2, 0.25) is 10.0 Å². The van der Waals surface area contributed by atoms with Crippen LogP contribution in [-0.4, -0.2) is 8.42 Å². The number of benzene rings is 2. The Hall–Kier alpha value is -1.50. The first-order chi connectivity index (χ1) is 9.79. The van der Waals surface area contributed by atoms with E-state index in [9.17, 15) is 17.2 Å². The van der Waals surface area contributed by atoms with Gasteiger partial charge in [-0.2, -0.15) is 0 Å². The van der Waals surface area contributed by atoms with E-state index in [1.807, 2.05) is 0 Å². The number of hydrogen-bond donors (Lipinski definition) is 1. The van der Waals surface area contributed by atoms with Gasteiger partial charge in [-0.25, -0.2) is 21.9 Å². The van der Waals surface area contributed by atoms with E-state index in [1.165, 1.54) is 24.3 Å². The summed E-state index contributed by atoms with van der Waals surface area (Å²) in [7, 11) is -3.86. The van der Waals surface area contributed by atoms with Gasteiger partial charge in [0.1, 0.15) is 11.6 Å². The Morgan fingerprint density at radius 1 is 1.14 bits per heavy atom. The van der Waals surface area contributed by atoms with Gasteiger partial charge in [0.15, 0.2) is 0 Å². The summed E-state index contributed by atoms with van der Waals surface area (Å²) in [6.45, 7) is 1.50. The lowest BCUT2D eigenvalue weighted by Gasteiger charge is -2.10. The summed E-state index contributed by atoms with van der Waals surface area (Å²) in [5.74, 6) is -1.21. The van der Waals surface area contributed by atoms with Crippen LogP contribution in [0.3, 0.4) is 0 Å². The third-order valence-electron chi connectivity index (χ3n) is 2.89. The Bertz CT molecular complexity index is 779. The molecule has 0 spiro atoms. The molecule has 0 aliphatic carbocycles. The fourth-order valence-electron chi connectivity index (χ4n) is 1.77. The number of hydrogen-bond acceptors (Lipinski definition) is 2. The maximum absolute atomic E-state index is 13.2. The predicted molar refractivity (Wildman–Crippen MR) is 76.6 cm³/mol. The molecule has 0 saturated heterocycles. The topological polar surface area (TPSA) is 46.2 Å². The minimum absolute atomic E-state index is 0.0711. The largest absolute Gasteiger partial charge is 0.241 e. The highest BCUT2D eigenvalue weighted by Gasteiger charge is 2.17. The van der Waals surface area contributed by atoms with Gasteiger partial charge in [-0.15, -0.1) is 0 Å². The zero-order valence-electron chi connectivity index (χ0n) is 11.0. The molecule has 0 radical (unpaired) electrons. The summed E-state index contributed by atoms with van der Waals surface area (Å²) in [6, 6.07) is 7.43. The molecule has 3 nitrogen and oxygen atoms in total. The van der Waals surface area contributed by atoms with E-state index in [1.54, 1.807) is 6.92 Å². The Morgan fingerprint density at radius 3 is 2.52 bits per heavy atom. The molecule has 0 amide bonds. The zero-order valence-corrected chi connectivity index (χ0v) is 12.6. The van der Waals surface area contributed by atoms with E-state index in [2.05, 4.69) is 4.72 Å². The molecule has 0 aliphatic heterocycles.